The molecular formula is C17H15F3O6S. The molecule has 0 aromatic heterocycles. The molecular weight excluding hydrogens is 389 g/mol. The molecule has 27 heavy (non-hydrogen) atoms. The maximum Gasteiger partial charge on any atom is 0.420 e. The molecule has 1 atom stereocenters. The Kier molecular flexibility index (Phi) is 6.81. The first kappa shape index (κ1) is 20.7. The third kappa shape index (κ3) is 5.97. The van der Waals surface area contributed by atoms with Crippen LogP contribution in [0.4, 0.5) is 13.2 Å². The highest BCUT2D eigenvalue weighted by Gasteiger charge is 2.37. The largest absolute Gasteiger partial charge is 0.485 e. The molecule has 0 bridgehead atoms. The van der Waals surface area contributed by atoms with Crippen molar-refractivity contribution in [3.63, 3.8) is 0 Å². The van der Waals surface area contributed by atoms with E-state index in [9.17, 15) is 22.2 Å². The summed E-state index contributed by atoms with van der Waals surface area (Å²) in [7, 11) is 1.10. The van der Waals surface area contributed by atoms with E-state index in [1.165, 1.54) is 0 Å². The van der Waals surface area contributed by atoms with E-state index in [-0.39, 0.29) is 12.2 Å². The summed E-state index contributed by atoms with van der Waals surface area (Å²) in [5.74, 6) is -2.11. The van der Waals surface area contributed by atoms with Gasteiger partial charge in [0.25, 0.3) is 0 Å². The molecule has 146 valence electrons. The first-order valence-electron chi connectivity index (χ1n) is 7.47. The molecule has 6 nitrogen and oxygen atoms in total. The lowest BCUT2D eigenvalue weighted by Crippen LogP contribution is -2.14. The van der Waals surface area contributed by atoms with E-state index >= 15 is 0 Å². The molecule has 0 heterocycles. The Bertz CT molecular complexity index is 823. The van der Waals surface area contributed by atoms with Gasteiger partial charge in [0.1, 0.15) is 12.2 Å². The predicted octanol–water partition coefficient (Wildman–Crippen LogP) is 3.52. The van der Waals surface area contributed by atoms with E-state index in [0.717, 1.165) is 13.2 Å². The molecule has 2 rings (SSSR count). The average molecular weight is 404 g/mol. The van der Waals surface area contributed by atoms with Crippen LogP contribution in [0, 0.1) is 0 Å². The van der Waals surface area contributed by atoms with E-state index in [4.69, 9.17) is 9.29 Å². The van der Waals surface area contributed by atoms with Crippen LogP contribution in [-0.4, -0.2) is 21.8 Å². The number of benzene rings is 2. The van der Waals surface area contributed by atoms with Crippen LogP contribution in [0.1, 0.15) is 16.7 Å². The van der Waals surface area contributed by atoms with Crippen LogP contribution in [0.25, 0.3) is 0 Å². The second-order valence-electron chi connectivity index (χ2n) is 5.30. The maximum absolute atomic E-state index is 13.4. The summed E-state index contributed by atoms with van der Waals surface area (Å²) in [6.07, 6.45) is -5.35. The zero-order valence-electron chi connectivity index (χ0n) is 14.0. The van der Waals surface area contributed by atoms with Crippen LogP contribution in [0.15, 0.2) is 42.5 Å². The van der Waals surface area contributed by atoms with Gasteiger partial charge in [-0.15, -0.1) is 0 Å². The van der Waals surface area contributed by atoms with Crippen molar-refractivity contribution in [2.75, 3.05) is 7.11 Å². The highest BCUT2D eigenvalue weighted by atomic mass is 32.2. The topological polar surface area (TPSA) is 82.1 Å². The number of alkyl halides is 3. The van der Waals surface area contributed by atoms with Gasteiger partial charge in [0, 0.05) is 0 Å². The van der Waals surface area contributed by atoms with Gasteiger partial charge in [-0.2, -0.15) is 17.4 Å². The van der Waals surface area contributed by atoms with Crippen LogP contribution in [0.5, 0.6) is 11.5 Å². The van der Waals surface area contributed by atoms with Gasteiger partial charge < -0.3 is 13.7 Å². The molecule has 2 aromatic carbocycles. The third-order valence-electron chi connectivity index (χ3n) is 3.39. The van der Waals surface area contributed by atoms with Crippen LogP contribution < -0.4 is 8.92 Å². The second-order valence-corrected chi connectivity index (χ2v) is 5.90. The van der Waals surface area contributed by atoms with Gasteiger partial charge in [-0.25, -0.2) is 0 Å². The summed E-state index contributed by atoms with van der Waals surface area (Å²) >= 11 is -3.01. The van der Waals surface area contributed by atoms with E-state index < -0.39 is 47.0 Å². The third-order valence-corrected chi connectivity index (χ3v) is 3.70. The van der Waals surface area contributed by atoms with Crippen LogP contribution in [-0.2, 0) is 40.1 Å². The van der Waals surface area contributed by atoms with Crippen LogP contribution in [0.3, 0.4) is 0 Å². The van der Waals surface area contributed by atoms with E-state index in [1.54, 1.807) is 30.3 Å². The number of carbonyl (C=O) groups is 1. The van der Waals surface area contributed by atoms with Gasteiger partial charge in [-0.05, 0) is 23.3 Å². The molecule has 0 radical (unpaired) electrons. The summed E-state index contributed by atoms with van der Waals surface area (Å²) in [6, 6.07) is 10.3. The highest BCUT2D eigenvalue weighted by molar-refractivity contribution is 7.74. The van der Waals surface area contributed by atoms with Gasteiger partial charge in [-0.1, -0.05) is 30.3 Å². The fourth-order valence-electron chi connectivity index (χ4n) is 2.21. The van der Waals surface area contributed by atoms with Crippen molar-refractivity contribution in [3.8, 4) is 11.5 Å². The zero-order valence-corrected chi connectivity index (χ0v) is 14.8. The Balaban J connectivity index is 2.48. The fourth-order valence-corrected chi connectivity index (χ4v) is 2.53. The molecule has 0 saturated heterocycles. The lowest BCUT2D eigenvalue weighted by Gasteiger charge is -2.18. The average Bonchev–Trinajstić information content (AvgIpc) is 2.60. The minimum atomic E-state index is -4.91. The summed E-state index contributed by atoms with van der Waals surface area (Å²) in [5, 5.41) is 0. The number of carbonyl (C=O) groups excluding carboxylic acids is 1. The first-order valence-corrected chi connectivity index (χ1v) is 8.50. The molecule has 0 saturated carbocycles. The summed E-state index contributed by atoms with van der Waals surface area (Å²) < 4.78 is 74.4. The van der Waals surface area contributed by atoms with Gasteiger partial charge >= 0.3 is 23.5 Å². The number of methoxy groups -OCH3 is 1. The smallest absolute Gasteiger partial charge is 0.420 e. The quantitative estimate of drug-likeness (QED) is 0.562. The minimum absolute atomic E-state index is 0.0479. The van der Waals surface area contributed by atoms with Gasteiger partial charge in [0.2, 0.25) is 0 Å². The molecule has 0 aliphatic rings. The highest BCUT2D eigenvalue weighted by Crippen LogP contribution is 2.43. The number of halogens is 3. The molecule has 1 unspecified atom stereocenters. The number of ether oxygens (including phenoxy) is 2. The van der Waals surface area contributed by atoms with E-state index in [0.29, 0.717) is 11.6 Å². The number of esters is 1. The van der Waals surface area contributed by atoms with Crippen molar-refractivity contribution in [2.45, 2.75) is 19.2 Å². The van der Waals surface area contributed by atoms with Crippen LogP contribution >= 0.6 is 0 Å². The van der Waals surface area contributed by atoms with Gasteiger partial charge in [0.05, 0.1) is 13.5 Å². The molecule has 2 aromatic rings. The number of rotatable bonds is 7. The Morgan fingerprint density at radius 1 is 1.15 bits per heavy atom. The van der Waals surface area contributed by atoms with Crippen molar-refractivity contribution in [3.05, 3.63) is 59.2 Å². The summed E-state index contributed by atoms with van der Waals surface area (Å²) in [5.41, 5.74) is -0.733. The van der Waals surface area contributed by atoms with Crippen molar-refractivity contribution in [1.82, 2.24) is 0 Å². The van der Waals surface area contributed by atoms with Crippen molar-refractivity contribution in [1.29, 1.82) is 0 Å². The second kappa shape index (κ2) is 8.87. The molecule has 0 aliphatic carbocycles. The molecule has 0 fully saturated rings. The van der Waals surface area contributed by atoms with Gasteiger partial charge in [-0.3, -0.25) is 9.35 Å². The van der Waals surface area contributed by atoms with Crippen molar-refractivity contribution in [2.24, 2.45) is 0 Å². The first-order chi connectivity index (χ1) is 12.7. The lowest BCUT2D eigenvalue weighted by atomic mass is 10.1. The fraction of sp³-hybridized carbons (Fsp3) is 0.235. The Morgan fingerprint density at radius 3 is 2.37 bits per heavy atom. The normalized spacial score (nSPS) is 12.3. The number of hydrogen-bond donors (Lipinski definition) is 1. The SMILES string of the molecule is COC(=O)Cc1cc(OCc2ccccc2)c(OS(=O)O)c(C(F)(F)F)c1. The summed E-state index contributed by atoms with van der Waals surface area (Å²) in [4.78, 5) is 11.4. The molecule has 10 heteroatoms. The zero-order chi connectivity index (χ0) is 20.0. The summed E-state index contributed by atoms with van der Waals surface area (Å²) in [6.45, 7) is -0.117. The predicted molar refractivity (Wildman–Crippen MR) is 89.3 cm³/mol. The Labute approximate surface area is 155 Å². The Morgan fingerprint density at radius 2 is 1.81 bits per heavy atom. The molecule has 0 aliphatic heterocycles. The van der Waals surface area contributed by atoms with Crippen molar-refractivity contribution < 1.29 is 40.4 Å². The molecule has 1 N–H and O–H groups in total. The maximum atomic E-state index is 13.4. The monoisotopic (exact) mass is 404 g/mol. The Hall–Kier alpha value is -2.59. The lowest BCUT2D eigenvalue weighted by molar-refractivity contribution is -0.141. The van der Waals surface area contributed by atoms with Crippen LogP contribution in [0.2, 0.25) is 0 Å². The number of hydrogen-bond acceptors (Lipinski definition) is 5. The molecule has 0 spiro atoms. The van der Waals surface area contributed by atoms with E-state index in [1.807, 2.05) is 0 Å². The van der Waals surface area contributed by atoms with E-state index in [2.05, 4.69) is 8.92 Å². The van der Waals surface area contributed by atoms with Gasteiger partial charge in [0.15, 0.2) is 11.5 Å². The molecule has 0 amide bonds. The standard InChI is InChI=1S/C17H15F3O6S/c1-24-15(21)9-12-7-13(17(18,19)20)16(26-27(22)23)14(8-12)25-10-11-5-3-2-4-6-11/h2-8H,9-10H2,1H3,(H,22,23). The van der Waals surface area contributed by atoms with Crippen molar-refractivity contribution >= 4 is 17.3 Å². The minimum Gasteiger partial charge on any atom is -0.485 e.